The van der Waals surface area contributed by atoms with Crippen molar-refractivity contribution >= 4 is 28.5 Å². The van der Waals surface area contributed by atoms with E-state index in [0.29, 0.717) is 13.1 Å². The van der Waals surface area contributed by atoms with Gasteiger partial charge in [0.25, 0.3) is 5.91 Å². The van der Waals surface area contributed by atoms with Gasteiger partial charge in [-0.1, -0.05) is 0 Å². The van der Waals surface area contributed by atoms with Crippen molar-refractivity contribution in [3.05, 3.63) is 33.4 Å². The Hall–Kier alpha value is -0.620. The highest BCUT2D eigenvalue weighted by atomic mass is 127. The van der Waals surface area contributed by atoms with E-state index in [0.717, 1.165) is 9.13 Å². The van der Waals surface area contributed by atoms with Gasteiger partial charge < -0.3 is 9.64 Å². The summed E-state index contributed by atoms with van der Waals surface area (Å²) in [6, 6.07) is 7.69. The van der Waals surface area contributed by atoms with Crippen LogP contribution in [0.4, 0.5) is 0 Å². The fourth-order valence-electron chi connectivity index (χ4n) is 2.38. The summed E-state index contributed by atoms with van der Waals surface area (Å²) in [6.07, 6.45) is 0.0848. The van der Waals surface area contributed by atoms with Gasteiger partial charge in [-0.25, -0.2) is 0 Å². The van der Waals surface area contributed by atoms with E-state index in [1.54, 1.807) is 0 Å². The SMILES string of the molecule is CC1CN(C(=O)c2ccc(I)cc2)CC(C)(C)O1. The minimum atomic E-state index is -0.267. The quantitative estimate of drug-likeness (QED) is 0.722. The summed E-state index contributed by atoms with van der Waals surface area (Å²) in [7, 11) is 0. The van der Waals surface area contributed by atoms with Crippen molar-refractivity contribution in [1.82, 2.24) is 4.90 Å². The molecule has 98 valence electrons. The Balaban J connectivity index is 2.16. The lowest BCUT2D eigenvalue weighted by Gasteiger charge is -2.41. The lowest BCUT2D eigenvalue weighted by molar-refractivity contribution is -0.118. The molecule has 1 aliphatic rings. The monoisotopic (exact) mass is 359 g/mol. The maximum atomic E-state index is 12.4. The van der Waals surface area contributed by atoms with E-state index in [4.69, 9.17) is 4.74 Å². The Morgan fingerprint density at radius 2 is 2.00 bits per heavy atom. The van der Waals surface area contributed by atoms with Gasteiger partial charge in [-0.2, -0.15) is 0 Å². The standard InChI is InChI=1S/C14H18INO2/c1-10-8-16(9-14(2,3)18-10)13(17)11-4-6-12(15)7-5-11/h4-7,10H,8-9H2,1-3H3. The molecular formula is C14H18INO2. The van der Waals surface area contributed by atoms with E-state index >= 15 is 0 Å². The molecular weight excluding hydrogens is 341 g/mol. The predicted molar refractivity (Wildman–Crippen MR) is 79.7 cm³/mol. The number of nitrogens with zero attached hydrogens (tertiary/aromatic N) is 1. The summed E-state index contributed by atoms with van der Waals surface area (Å²) in [5, 5.41) is 0. The van der Waals surface area contributed by atoms with Crippen LogP contribution in [0.5, 0.6) is 0 Å². The molecule has 1 heterocycles. The molecule has 1 aliphatic heterocycles. The van der Waals surface area contributed by atoms with Crippen LogP contribution < -0.4 is 0 Å². The van der Waals surface area contributed by atoms with Crippen molar-refractivity contribution in [3.8, 4) is 0 Å². The molecule has 1 aromatic rings. The Kier molecular flexibility index (Phi) is 3.96. The third kappa shape index (κ3) is 3.23. The molecule has 0 bridgehead atoms. The first-order valence-corrected chi connectivity index (χ1v) is 7.18. The van der Waals surface area contributed by atoms with Crippen LogP contribution in [0.1, 0.15) is 31.1 Å². The van der Waals surface area contributed by atoms with E-state index in [-0.39, 0.29) is 17.6 Å². The molecule has 1 aromatic carbocycles. The first-order valence-electron chi connectivity index (χ1n) is 6.10. The lowest BCUT2D eigenvalue weighted by Crippen LogP contribution is -2.53. The lowest BCUT2D eigenvalue weighted by atomic mass is 10.0. The van der Waals surface area contributed by atoms with Crippen LogP contribution >= 0.6 is 22.6 Å². The summed E-state index contributed by atoms with van der Waals surface area (Å²) in [5.41, 5.74) is 0.483. The van der Waals surface area contributed by atoms with Crippen LogP contribution in [-0.2, 0) is 4.74 Å². The second-order valence-electron chi connectivity index (χ2n) is 5.38. The Labute approximate surface area is 122 Å². The van der Waals surface area contributed by atoms with Gasteiger partial charge in [0, 0.05) is 22.2 Å². The number of halogens is 1. The first kappa shape index (κ1) is 13.8. The summed E-state index contributed by atoms with van der Waals surface area (Å²) >= 11 is 2.24. The highest BCUT2D eigenvalue weighted by molar-refractivity contribution is 14.1. The fourth-order valence-corrected chi connectivity index (χ4v) is 2.74. The topological polar surface area (TPSA) is 29.5 Å². The molecule has 1 amide bonds. The van der Waals surface area contributed by atoms with Gasteiger partial charge in [0.05, 0.1) is 11.7 Å². The van der Waals surface area contributed by atoms with E-state index in [1.165, 1.54) is 0 Å². The molecule has 4 heteroatoms. The van der Waals surface area contributed by atoms with Gasteiger partial charge >= 0.3 is 0 Å². The number of benzene rings is 1. The summed E-state index contributed by atoms with van der Waals surface area (Å²) in [6.45, 7) is 7.36. The number of ether oxygens (including phenoxy) is 1. The molecule has 2 rings (SSSR count). The molecule has 0 saturated carbocycles. The van der Waals surface area contributed by atoms with Crippen molar-refractivity contribution in [3.63, 3.8) is 0 Å². The molecule has 0 aromatic heterocycles. The van der Waals surface area contributed by atoms with Gasteiger partial charge in [-0.05, 0) is 67.6 Å². The third-order valence-electron chi connectivity index (χ3n) is 2.95. The zero-order chi connectivity index (χ0) is 13.3. The van der Waals surface area contributed by atoms with Gasteiger partial charge in [-0.15, -0.1) is 0 Å². The fraction of sp³-hybridized carbons (Fsp3) is 0.500. The van der Waals surface area contributed by atoms with Crippen molar-refractivity contribution in [1.29, 1.82) is 0 Å². The van der Waals surface area contributed by atoms with Crippen LogP contribution in [0.15, 0.2) is 24.3 Å². The van der Waals surface area contributed by atoms with Crippen molar-refractivity contribution in [2.75, 3.05) is 13.1 Å². The van der Waals surface area contributed by atoms with E-state index < -0.39 is 0 Å². The second kappa shape index (κ2) is 5.17. The smallest absolute Gasteiger partial charge is 0.254 e. The second-order valence-corrected chi connectivity index (χ2v) is 6.63. The summed E-state index contributed by atoms with van der Waals surface area (Å²) in [5.74, 6) is 0.0922. The molecule has 3 nitrogen and oxygen atoms in total. The van der Waals surface area contributed by atoms with Gasteiger partial charge in [-0.3, -0.25) is 4.79 Å². The largest absolute Gasteiger partial charge is 0.369 e. The zero-order valence-corrected chi connectivity index (χ0v) is 13.1. The third-order valence-corrected chi connectivity index (χ3v) is 3.67. The van der Waals surface area contributed by atoms with E-state index in [9.17, 15) is 4.79 Å². The minimum absolute atomic E-state index is 0.0848. The number of morpholine rings is 1. The highest BCUT2D eigenvalue weighted by Crippen LogP contribution is 2.22. The van der Waals surface area contributed by atoms with Gasteiger partial charge in [0.2, 0.25) is 0 Å². The van der Waals surface area contributed by atoms with E-state index in [1.807, 2.05) is 49.9 Å². The Morgan fingerprint density at radius 3 is 2.56 bits per heavy atom. The van der Waals surface area contributed by atoms with Gasteiger partial charge in [0.1, 0.15) is 0 Å². The highest BCUT2D eigenvalue weighted by Gasteiger charge is 2.33. The Morgan fingerprint density at radius 1 is 1.39 bits per heavy atom. The van der Waals surface area contributed by atoms with Crippen molar-refractivity contribution in [2.45, 2.75) is 32.5 Å². The number of carbonyl (C=O) groups is 1. The van der Waals surface area contributed by atoms with Crippen LogP contribution in [-0.4, -0.2) is 35.6 Å². The van der Waals surface area contributed by atoms with E-state index in [2.05, 4.69) is 22.6 Å². The zero-order valence-electron chi connectivity index (χ0n) is 10.9. The molecule has 1 saturated heterocycles. The first-order chi connectivity index (χ1) is 8.37. The summed E-state index contributed by atoms with van der Waals surface area (Å²) < 4.78 is 6.95. The van der Waals surface area contributed by atoms with Crippen LogP contribution in [0.2, 0.25) is 0 Å². The molecule has 0 aliphatic carbocycles. The predicted octanol–water partition coefficient (Wildman–Crippen LogP) is 2.93. The molecule has 1 atom stereocenters. The number of hydrogen-bond donors (Lipinski definition) is 0. The molecule has 0 N–H and O–H groups in total. The molecule has 0 spiro atoms. The van der Waals surface area contributed by atoms with Crippen LogP contribution in [0.25, 0.3) is 0 Å². The molecule has 1 fully saturated rings. The normalized spacial score (nSPS) is 22.9. The number of hydrogen-bond acceptors (Lipinski definition) is 2. The van der Waals surface area contributed by atoms with Gasteiger partial charge in [0.15, 0.2) is 0 Å². The maximum absolute atomic E-state index is 12.4. The van der Waals surface area contributed by atoms with Crippen molar-refractivity contribution < 1.29 is 9.53 Å². The number of rotatable bonds is 1. The minimum Gasteiger partial charge on any atom is -0.369 e. The average Bonchev–Trinajstić information content (AvgIpc) is 2.26. The van der Waals surface area contributed by atoms with Crippen molar-refractivity contribution in [2.24, 2.45) is 0 Å². The molecule has 18 heavy (non-hydrogen) atoms. The van der Waals surface area contributed by atoms with Crippen LogP contribution in [0, 0.1) is 3.57 Å². The number of amides is 1. The average molecular weight is 359 g/mol. The van der Waals surface area contributed by atoms with Crippen LogP contribution in [0.3, 0.4) is 0 Å². The Bertz CT molecular complexity index is 442. The molecule has 1 unspecified atom stereocenters. The molecule has 0 radical (unpaired) electrons. The number of carbonyl (C=O) groups excluding carboxylic acids is 1. The summed E-state index contributed by atoms with van der Waals surface area (Å²) in [4.78, 5) is 14.3. The maximum Gasteiger partial charge on any atom is 0.254 e.